The summed E-state index contributed by atoms with van der Waals surface area (Å²) in [6.07, 6.45) is 2.55. The zero-order chi connectivity index (χ0) is 19.9. The molecule has 146 valence electrons. The van der Waals surface area contributed by atoms with Crippen LogP contribution >= 0.6 is 23.4 Å². The molecule has 0 saturated heterocycles. The second-order valence-electron chi connectivity index (χ2n) is 6.22. The maximum atomic E-state index is 13.1. The van der Waals surface area contributed by atoms with Crippen molar-refractivity contribution >= 4 is 46.9 Å². The van der Waals surface area contributed by atoms with Gasteiger partial charge in [0, 0.05) is 30.2 Å². The Labute approximate surface area is 173 Å². The van der Waals surface area contributed by atoms with E-state index < -0.39 is 0 Å². The second-order valence-corrected chi connectivity index (χ2v) is 7.74. The molecular weight excluding hydrogens is 396 g/mol. The first-order valence-electron chi connectivity index (χ1n) is 8.90. The van der Waals surface area contributed by atoms with E-state index in [1.165, 1.54) is 16.7 Å². The van der Waals surface area contributed by atoms with Crippen LogP contribution in [0.3, 0.4) is 0 Å². The Bertz CT molecular complexity index is 883. The quantitative estimate of drug-likeness (QED) is 0.548. The normalized spacial score (nSPS) is 14.9. The zero-order valence-corrected chi connectivity index (χ0v) is 17.1. The number of nitrogens with zero attached hydrogens (tertiary/aromatic N) is 1. The molecule has 2 amide bonds. The number of hydrogen-bond donors (Lipinski definition) is 1. The minimum absolute atomic E-state index is 0.0264. The number of anilines is 1. The number of rotatable bonds is 7. The van der Waals surface area contributed by atoms with E-state index in [0.29, 0.717) is 23.1 Å². The highest BCUT2D eigenvalue weighted by atomic mass is 35.5. The van der Waals surface area contributed by atoms with E-state index in [4.69, 9.17) is 16.3 Å². The van der Waals surface area contributed by atoms with Crippen LogP contribution in [0, 0.1) is 0 Å². The minimum Gasteiger partial charge on any atom is -0.385 e. The maximum Gasteiger partial charge on any atom is 0.265 e. The van der Waals surface area contributed by atoms with Gasteiger partial charge >= 0.3 is 0 Å². The number of fused-ring (bicyclic) bond motifs is 1. The average molecular weight is 417 g/mol. The van der Waals surface area contributed by atoms with Gasteiger partial charge in [-0.25, -0.2) is 0 Å². The SMILES string of the molecule is COCCCNC(=O)CN1C(=O)/C(=C\c2ccc(Cl)cc2)Sc2ccccc21. The monoisotopic (exact) mass is 416 g/mol. The van der Waals surface area contributed by atoms with Crippen molar-refractivity contribution in [2.24, 2.45) is 0 Å². The third-order valence-corrected chi connectivity index (χ3v) is 5.48. The Morgan fingerprint density at radius 3 is 2.71 bits per heavy atom. The van der Waals surface area contributed by atoms with Crippen molar-refractivity contribution in [1.82, 2.24) is 5.32 Å². The molecule has 0 fully saturated rings. The lowest BCUT2D eigenvalue weighted by Crippen LogP contribution is -2.43. The highest BCUT2D eigenvalue weighted by Crippen LogP contribution is 2.41. The Kier molecular flexibility index (Phi) is 7.14. The Morgan fingerprint density at radius 2 is 1.96 bits per heavy atom. The van der Waals surface area contributed by atoms with Gasteiger partial charge in [0.1, 0.15) is 6.54 Å². The highest BCUT2D eigenvalue weighted by Gasteiger charge is 2.30. The summed E-state index contributed by atoms with van der Waals surface area (Å²) in [4.78, 5) is 28.5. The lowest BCUT2D eigenvalue weighted by atomic mass is 10.2. The van der Waals surface area contributed by atoms with Crippen LogP contribution < -0.4 is 10.2 Å². The standard InChI is InChI=1S/C21H21ClN2O3S/c1-27-12-4-11-23-20(25)14-24-17-5-2-3-6-18(17)28-19(21(24)26)13-15-7-9-16(22)10-8-15/h2-3,5-10,13H,4,11-12,14H2,1H3,(H,23,25)/b19-13+. The predicted molar refractivity (Wildman–Crippen MR) is 114 cm³/mol. The molecule has 1 heterocycles. The summed E-state index contributed by atoms with van der Waals surface area (Å²) in [5.41, 5.74) is 1.63. The van der Waals surface area contributed by atoms with E-state index in [9.17, 15) is 9.59 Å². The van der Waals surface area contributed by atoms with Gasteiger partial charge in [-0.2, -0.15) is 0 Å². The summed E-state index contributed by atoms with van der Waals surface area (Å²) in [5, 5.41) is 3.47. The maximum absolute atomic E-state index is 13.1. The lowest BCUT2D eigenvalue weighted by Gasteiger charge is -2.29. The lowest BCUT2D eigenvalue weighted by molar-refractivity contribution is -0.122. The molecule has 0 bridgehead atoms. The highest BCUT2D eigenvalue weighted by molar-refractivity contribution is 8.04. The molecule has 1 aliphatic rings. The van der Waals surface area contributed by atoms with Gasteiger partial charge in [0.05, 0.1) is 10.6 Å². The van der Waals surface area contributed by atoms with Gasteiger partial charge in [0.2, 0.25) is 5.91 Å². The molecule has 0 unspecified atom stereocenters. The summed E-state index contributed by atoms with van der Waals surface area (Å²) < 4.78 is 4.98. The molecule has 0 aromatic heterocycles. The van der Waals surface area contributed by atoms with Crippen molar-refractivity contribution in [1.29, 1.82) is 0 Å². The summed E-state index contributed by atoms with van der Waals surface area (Å²) in [6, 6.07) is 14.9. The van der Waals surface area contributed by atoms with Crippen LogP contribution in [0.2, 0.25) is 5.02 Å². The molecule has 0 aliphatic carbocycles. The van der Waals surface area contributed by atoms with E-state index in [-0.39, 0.29) is 18.4 Å². The van der Waals surface area contributed by atoms with Crippen LogP contribution in [0.4, 0.5) is 5.69 Å². The molecule has 28 heavy (non-hydrogen) atoms. The van der Waals surface area contributed by atoms with E-state index >= 15 is 0 Å². The predicted octanol–water partition coefficient (Wildman–Crippen LogP) is 3.97. The van der Waals surface area contributed by atoms with Gasteiger partial charge in [0.15, 0.2) is 0 Å². The molecule has 1 aliphatic heterocycles. The van der Waals surface area contributed by atoms with Crippen molar-refractivity contribution < 1.29 is 14.3 Å². The summed E-state index contributed by atoms with van der Waals surface area (Å²) in [5.74, 6) is -0.386. The zero-order valence-electron chi connectivity index (χ0n) is 15.5. The molecular formula is C21H21ClN2O3S. The molecule has 7 heteroatoms. The number of amides is 2. The van der Waals surface area contributed by atoms with Crippen molar-refractivity contribution in [3.63, 3.8) is 0 Å². The first-order chi connectivity index (χ1) is 13.6. The number of hydrogen-bond acceptors (Lipinski definition) is 4. The van der Waals surface area contributed by atoms with Crippen molar-refractivity contribution in [2.75, 3.05) is 31.7 Å². The van der Waals surface area contributed by atoms with Crippen molar-refractivity contribution in [2.45, 2.75) is 11.3 Å². The molecule has 0 saturated carbocycles. The fourth-order valence-electron chi connectivity index (χ4n) is 2.77. The third kappa shape index (κ3) is 5.16. The molecule has 2 aromatic rings. The average Bonchev–Trinajstić information content (AvgIpc) is 2.70. The number of benzene rings is 2. The smallest absolute Gasteiger partial charge is 0.265 e. The van der Waals surface area contributed by atoms with E-state index in [1.807, 2.05) is 42.5 Å². The number of carbonyl (C=O) groups is 2. The molecule has 0 radical (unpaired) electrons. The first-order valence-corrected chi connectivity index (χ1v) is 10.1. The third-order valence-electron chi connectivity index (χ3n) is 4.15. The van der Waals surface area contributed by atoms with Gasteiger partial charge < -0.3 is 10.1 Å². The molecule has 5 nitrogen and oxygen atoms in total. The van der Waals surface area contributed by atoms with Crippen LogP contribution in [-0.4, -0.2) is 38.6 Å². The van der Waals surface area contributed by atoms with Gasteiger partial charge in [-0.15, -0.1) is 0 Å². The first kappa shape index (κ1) is 20.5. The number of methoxy groups -OCH3 is 1. The van der Waals surface area contributed by atoms with Gasteiger partial charge in [-0.1, -0.05) is 47.6 Å². The van der Waals surface area contributed by atoms with Crippen molar-refractivity contribution in [3.8, 4) is 0 Å². The van der Waals surface area contributed by atoms with Crippen LogP contribution in [0.5, 0.6) is 0 Å². The minimum atomic E-state index is -0.197. The molecule has 0 atom stereocenters. The van der Waals surface area contributed by atoms with Crippen molar-refractivity contribution in [3.05, 3.63) is 64.0 Å². The second kappa shape index (κ2) is 9.78. The Hall–Kier alpha value is -2.28. The molecule has 0 spiro atoms. The largest absolute Gasteiger partial charge is 0.385 e. The number of ether oxygens (including phenoxy) is 1. The number of nitrogens with one attached hydrogen (secondary N) is 1. The van der Waals surface area contributed by atoms with E-state index in [2.05, 4.69) is 5.32 Å². The van der Waals surface area contributed by atoms with Crippen LogP contribution in [-0.2, 0) is 14.3 Å². The summed E-state index contributed by atoms with van der Waals surface area (Å²) in [6.45, 7) is 1.07. The molecule has 1 N–H and O–H groups in total. The molecule has 3 rings (SSSR count). The Morgan fingerprint density at radius 1 is 1.21 bits per heavy atom. The number of para-hydroxylation sites is 1. The van der Waals surface area contributed by atoms with Gasteiger partial charge in [0.25, 0.3) is 5.91 Å². The van der Waals surface area contributed by atoms with E-state index in [1.54, 1.807) is 19.2 Å². The number of carbonyl (C=O) groups excluding carboxylic acids is 2. The summed E-state index contributed by atoms with van der Waals surface area (Å²) in [7, 11) is 1.62. The fraction of sp³-hybridized carbons (Fsp3) is 0.238. The van der Waals surface area contributed by atoms with Crippen LogP contribution in [0.25, 0.3) is 6.08 Å². The number of thioether (sulfide) groups is 1. The van der Waals surface area contributed by atoms with Gasteiger partial charge in [-0.3, -0.25) is 14.5 Å². The Balaban J connectivity index is 1.81. The topological polar surface area (TPSA) is 58.6 Å². The van der Waals surface area contributed by atoms with Crippen LogP contribution in [0.1, 0.15) is 12.0 Å². The summed E-state index contributed by atoms with van der Waals surface area (Å²) >= 11 is 7.35. The fourth-order valence-corrected chi connectivity index (χ4v) is 3.96. The van der Waals surface area contributed by atoms with Gasteiger partial charge in [-0.05, 0) is 42.3 Å². The number of halogens is 1. The van der Waals surface area contributed by atoms with Crippen LogP contribution in [0.15, 0.2) is 58.3 Å². The molecule has 2 aromatic carbocycles. The van der Waals surface area contributed by atoms with E-state index in [0.717, 1.165) is 22.6 Å².